The number of aromatic nitrogens is 1. The third kappa shape index (κ3) is 2.41. The number of halogens is 1. The molecule has 5 heteroatoms. The summed E-state index contributed by atoms with van der Waals surface area (Å²) in [5.41, 5.74) is 4.70. The van der Waals surface area contributed by atoms with E-state index in [1.807, 2.05) is 43.3 Å². The van der Waals surface area contributed by atoms with Crippen molar-refractivity contribution in [3.8, 4) is 17.4 Å². The van der Waals surface area contributed by atoms with Crippen LogP contribution >= 0.6 is 11.6 Å². The molecule has 0 saturated heterocycles. The molecule has 3 aromatic rings. The maximum Gasteiger partial charge on any atom is 0.310 e. The van der Waals surface area contributed by atoms with Gasteiger partial charge in [0.15, 0.2) is 0 Å². The van der Waals surface area contributed by atoms with Gasteiger partial charge in [0.1, 0.15) is 5.69 Å². The number of benzene rings is 2. The van der Waals surface area contributed by atoms with E-state index in [0.717, 1.165) is 22.5 Å². The van der Waals surface area contributed by atoms with E-state index < -0.39 is 0 Å². The molecule has 1 aliphatic heterocycles. The van der Waals surface area contributed by atoms with Gasteiger partial charge in [-0.1, -0.05) is 41.9 Å². The number of para-hydroxylation sites is 1. The topological polar surface area (TPSA) is 58.6 Å². The Bertz CT molecular complexity index is 1000. The van der Waals surface area contributed by atoms with Crippen molar-refractivity contribution in [2.24, 2.45) is 4.99 Å². The fraction of sp³-hybridized carbons (Fsp3) is 0.0526. The normalized spacial score (nSPS) is 14.8. The van der Waals surface area contributed by atoms with Crippen LogP contribution in [-0.4, -0.2) is 15.8 Å². The number of aromatic hydroxyl groups is 1. The summed E-state index contributed by atoms with van der Waals surface area (Å²) in [6.07, 6.45) is 1.78. The highest BCUT2D eigenvalue weighted by atomic mass is 35.5. The van der Waals surface area contributed by atoms with Crippen LogP contribution in [0.15, 0.2) is 57.9 Å². The largest absolute Gasteiger partial charge is 0.479 e. The monoisotopic (exact) mass is 336 g/mol. The predicted octanol–water partition coefficient (Wildman–Crippen LogP) is 5.35. The summed E-state index contributed by atoms with van der Waals surface area (Å²) in [4.78, 5) is 8.90. The molecule has 1 N–H and O–H groups in total. The first kappa shape index (κ1) is 14.7. The summed E-state index contributed by atoms with van der Waals surface area (Å²) in [5.74, 6) is 0.0421. The third-order valence-electron chi connectivity index (χ3n) is 3.89. The highest BCUT2D eigenvalue weighted by Crippen LogP contribution is 2.38. The molecule has 0 saturated carbocycles. The zero-order chi connectivity index (χ0) is 16.7. The van der Waals surface area contributed by atoms with Crippen LogP contribution in [0, 0.1) is 0 Å². The lowest BCUT2D eigenvalue weighted by atomic mass is 10.0. The second-order valence-electron chi connectivity index (χ2n) is 5.46. The Hall–Kier alpha value is -2.85. The van der Waals surface area contributed by atoms with Crippen LogP contribution in [0.2, 0.25) is 5.02 Å². The Morgan fingerprint density at radius 1 is 1.04 bits per heavy atom. The Morgan fingerprint density at radius 2 is 1.75 bits per heavy atom. The van der Waals surface area contributed by atoms with E-state index in [0.29, 0.717) is 16.3 Å². The second kappa shape index (κ2) is 5.65. The molecule has 0 amide bonds. The average Bonchev–Trinajstić information content (AvgIpc) is 3.09. The SMILES string of the molecule is CC1=Nc2ccccc2C1=Cc1nc(-c2ccccc2Cl)oc1O. The van der Waals surface area contributed by atoms with Crippen LogP contribution < -0.4 is 0 Å². The first-order valence-corrected chi connectivity index (χ1v) is 7.83. The van der Waals surface area contributed by atoms with Crippen molar-refractivity contribution in [2.75, 3.05) is 0 Å². The quantitative estimate of drug-likeness (QED) is 0.686. The third-order valence-corrected chi connectivity index (χ3v) is 4.22. The van der Waals surface area contributed by atoms with Crippen molar-refractivity contribution in [1.82, 2.24) is 4.98 Å². The molecule has 1 aromatic heterocycles. The van der Waals surface area contributed by atoms with Crippen LogP contribution in [0.3, 0.4) is 0 Å². The van der Waals surface area contributed by atoms with Gasteiger partial charge in [-0.25, -0.2) is 4.98 Å². The molecular weight excluding hydrogens is 324 g/mol. The molecular formula is C19H13ClN2O2. The summed E-state index contributed by atoms with van der Waals surface area (Å²) in [5, 5.41) is 10.6. The minimum absolute atomic E-state index is 0.241. The molecule has 4 nitrogen and oxygen atoms in total. The van der Waals surface area contributed by atoms with E-state index in [1.165, 1.54) is 0 Å². The molecule has 0 fully saturated rings. The van der Waals surface area contributed by atoms with Gasteiger partial charge in [-0.05, 0) is 31.2 Å². The fourth-order valence-corrected chi connectivity index (χ4v) is 2.94. The first-order chi connectivity index (χ1) is 11.6. The second-order valence-corrected chi connectivity index (χ2v) is 5.87. The summed E-state index contributed by atoms with van der Waals surface area (Å²) < 4.78 is 5.39. The molecule has 0 bridgehead atoms. The standard InChI is InChI=1S/C19H13ClN2O2/c1-11-14(12-6-3-5-9-16(12)21-11)10-17-19(23)24-18(22-17)13-7-2-4-8-15(13)20/h2-10,23H,1H3. The van der Waals surface area contributed by atoms with Crippen molar-refractivity contribution in [3.05, 3.63) is 64.8 Å². The molecule has 0 unspecified atom stereocenters. The van der Waals surface area contributed by atoms with Gasteiger partial charge in [0, 0.05) is 16.8 Å². The first-order valence-electron chi connectivity index (χ1n) is 7.45. The Kier molecular flexibility index (Phi) is 3.47. The van der Waals surface area contributed by atoms with Crippen LogP contribution in [-0.2, 0) is 0 Å². The maximum atomic E-state index is 10.1. The van der Waals surface area contributed by atoms with Crippen LogP contribution in [0.25, 0.3) is 23.1 Å². The Balaban J connectivity index is 1.80. The minimum Gasteiger partial charge on any atom is -0.479 e. The molecule has 0 radical (unpaired) electrons. The van der Waals surface area contributed by atoms with Gasteiger partial charge in [-0.15, -0.1) is 0 Å². The number of nitrogens with zero attached hydrogens (tertiary/aromatic N) is 2. The van der Waals surface area contributed by atoms with Gasteiger partial charge in [-0.2, -0.15) is 0 Å². The number of fused-ring (bicyclic) bond motifs is 1. The van der Waals surface area contributed by atoms with E-state index in [4.69, 9.17) is 16.0 Å². The van der Waals surface area contributed by atoms with Crippen molar-refractivity contribution < 1.29 is 9.52 Å². The van der Waals surface area contributed by atoms with Gasteiger partial charge in [0.05, 0.1) is 16.3 Å². The summed E-state index contributed by atoms with van der Waals surface area (Å²) in [6, 6.07) is 15.1. The highest BCUT2D eigenvalue weighted by Gasteiger charge is 2.20. The molecule has 2 heterocycles. The molecule has 24 heavy (non-hydrogen) atoms. The lowest BCUT2D eigenvalue weighted by molar-refractivity contribution is 0.336. The van der Waals surface area contributed by atoms with E-state index in [1.54, 1.807) is 18.2 Å². The van der Waals surface area contributed by atoms with Gasteiger partial charge in [0.25, 0.3) is 0 Å². The summed E-state index contributed by atoms with van der Waals surface area (Å²) >= 11 is 6.16. The van der Waals surface area contributed by atoms with Crippen molar-refractivity contribution in [2.45, 2.75) is 6.92 Å². The Morgan fingerprint density at radius 3 is 2.54 bits per heavy atom. The predicted molar refractivity (Wildman–Crippen MR) is 95.7 cm³/mol. The molecule has 118 valence electrons. The zero-order valence-electron chi connectivity index (χ0n) is 12.8. The van der Waals surface area contributed by atoms with Crippen LogP contribution in [0.1, 0.15) is 18.2 Å². The van der Waals surface area contributed by atoms with Crippen molar-refractivity contribution in [3.63, 3.8) is 0 Å². The van der Waals surface area contributed by atoms with E-state index >= 15 is 0 Å². The van der Waals surface area contributed by atoms with Gasteiger partial charge >= 0.3 is 5.95 Å². The van der Waals surface area contributed by atoms with Gasteiger partial charge < -0.3 is 9.52 Å². The Labute approximate surface area is 143 Å². The lowest BCUT2D eigenvalue weighted by Gasteiger charge is -1.99. The lowest BCUT2D eigenvalue weighted by Crippen LogP contribution is -1.90. The fourth-order valence-electron chi connectivity index (χ4n) is 2.72. The van der Waals surface area contributed by atoms with Gasteiger partial charge in [-0.3, -0.25) is 4.99 Å². The van der Waals surface area contributed by atoms with Gasteiger partial charge in [0.2, 0.25) is 5.89 Å². The number of rotatable bonds is 2. The minimum atomic E-state index is -0.241. The molecule has 0 aliphatic carbocycles. The smallest absolute Gasteiger partial charge is 0.310 e. The van der Waals surface area contributed by atoms with E-state index in [9.17, 15) is 5.11 Å². The van der Waals surface area contributed by atoms with Crippen molar-refractivity contribution in [1.29, 1.82) is 0 Å². The highest BCUT2D eigenvalue weighted by molar-refractivity contribution is 6.33. The number of hydrogen-bond acceptors (Lipinski definition) is 4. The number of allylic oxidation sites excluding steroid dienone is 1. The molecule has 0 spiro atoms. The van der Waals surface area contributed by atoms with Crippen LogP contribution in [0.4, 0.5) is 5.69 Å². The zero-order valence-corrected chi connectivity index (χ0v) is 13.6. The average molecular weight is 337 g/mol. The van der Waals surface area contributed by atoms with Crippen molar-refractivity contribution >= 4 is 34.6 Å². The molecule has 4 rings (SSSR count). The molecule has 2 aromatic carbocycles. The summed E-state index contributed by atoms with van der Waals surface area (Å²) in [6.45, 7) is 1.93. The molecule has 0 atom stereocenters. The number of aliphatic imine (C=N–C) groups is 1. The molecule has 1 aliphatic rings. The van der Waals surface area contributed by atoms with E-state index in [-0.39, 0.29) is 11.8 Å². The van der Waals surface area contributed by atoms with E-state index in [2.05, 4.69) is 9.98 Å². The number of oxazole rings is 1. The number of hydrogen-bond donors (Lipinski definition) is 1. The maximum absolute atomic E-state index is 10.1. The summed E-state index contributed by atoms with van der Waals surface area (Å²) in [7, 11) is 0. The van der Waals surface area contributed by atoms with Crippen LogP contribution in [0.5, 0.6) is 5.95 Å².